The SMILES string of the molecule is Cc1ccc(NS(=O)(=O)c2nc(C(F)(F)F)c(C(=O)O)o2)c(Cl)c1. The van der Waals surface area contributed by atoms with Crippen molar-refractivity contribution in [2.45, 2.75) is 18.3 Å². The van der Waals surface area contributed by atoms with Crippen LogP contribution in [0.4, 0.5) is 18.9 Å². The standard InChI is InChI=1S/C12H8ClF3N2O5S/c1-5-2-3-7(6(13)4-5)18-24(21,22)11-17-9(12(14,15)16)8(23-11)10(19)20/h2-4,18H,1H3,(H,19,20). The van der Waals surface area contributed by atoms with Crippen LogP contribution in [-0.2, 0) is 16.2 Å². The van der Waals surface area contributed by atoms with Gasteiger partial charge >= 0.3 is 27.4 Å². The molecule has 1 aromatic carbocycles. The van der Waals surface area contributed by atoms with E-state index in [1.54, 1.807) is 6.92 Å². The molecule has 7 nitrogen and oxygen atoms in total. The molecule has 0 radical (unpaired) electrons. The summed E-state index contributed by atoms with van der Waals surface area (Å²) in [4.78, 5) is 13.5. The molecule has 0 spiro atoms. The van der Waals surface area contributed by atoms with Crippen LogP contribution < -0.4 is 4.72 Å². The smallest absolute Gasteiger partial charge is 0.437 e. The fourth-order valence-corrected chi connectivity index (χ4v) is 2.94. The van der Waals surface area contributed by atoms with Crippen LogP contribution in [-0.4, -0.2) is 24.5 Å². The van der Waals surface area contributed by atoms with E-state index in [1.165, 1.54) is 18.2 Å². The maximum absolute atomic E-state index is 12.7. The highest BCUT2D eigenvalue weighted by molar-refractivity contribution is 7.92. The first-order chi connectivity index (χ1) is 10.9. The Morgan fingerprint density at radius 1 is 1.38 bits per heavy atom. The molecule has 0 aliphatic heterocycles. The molecule has 0 fully saturated rings. The second kappa shape index (κ2) is 5.98. The zero-order chi connectivity index (χ0) is 18.3. The number of hydrogen-bond acceptors (Lipinski definition) is 5. The van der Waals surface area contributed by atoms with E-state index < -0.39 is 38.8 Å². The number of nitrogens with zero attached hydrogens (tertiary/aromatic N) is 1. The number of hydrogen-bond donors (Lipinski definition) is 2. The Morgan fingerprint density at radius 2 is 2.00 bits per heavy atom. The van der Waals surface area contributed by atoms with Gasteiger partial charge in [0.15, 0.2) is 5.69 Å². The molecule has 0 bridgehead atoms. The summed E-state index contributed by atoms with van der Waals surface area (Å²) < 4.78 is 68.5. The summed E-state index contributed by atoms with van der Waals surface area (Å²) in [7, 11) is -4.72. The number of oxazole rings is 1. The van der Waals surface area contributed by atoms with Crippen molar-refractivity contribution in [3.63, 3.8) is 0 Å². The fourth-order valence-electron chi connectivity index (χ4n) is 1.64. The summed E-state index contributed by atoms with van der Waals surface area (Å²) in [6.45, 7) is 1.69. The van der Waals surface area contributed by atoms with Gasteiger partial charge in [-0.05, 0) is 24.6 Å². The molecule has 0 atom stereocenters. The number of carbonyl (C=O) groups is 1. The molecule has 24 heavy (non-hydrogen) atoms. The number of rotatable bonds is 4. The Labute approximate surface area is 138 Å². The van der Waals surface area contributed by atoms with Crippen LogP contribution >= 0.6 is 11.6 Å². The Hall–Kier alpha value is -2.27. The summed E-state index contributed by atoms with van der Waals surface area (Å²) in [6, 6.07) is 4.20. The number of nitrogens with one attached hydrogen (secondary N) is 1. The van der Waals surface area contributed by atoms with Crippen LogP contribution in [0.3, 0.4) is 0 Å². The second-order valence-electron chi connectivity index (χ2n) is 4.55. The second-order valence-corrected chi connectivity index (χ2v) is 6.52. The third-order valence-corrected chi connectivity index (χ3v) is 4.10. The van der Waals surface area contributed by atoms with Gasteiger partial charge in [0.2, 0.25) is 5.76 Å². The number of sulfonamides is 1. The average Bonchev–Trinajstić information content (AvgIpc) is 2.88. The van der Waals surface area contributed by atoms with E-state index in [1.807, 2.05) is 4.72 Å². The maximum atomic E-state index is 12.7. The van der Waals surface area contributed by atoms with Gasteiger partial charge in [0.1, 0.15) is 0 Å². The molecule has 0 saturated heterocycles. The van der Waals surface area contributed by atoms with Crippen LogP contribution in [0.15, 0.2) is 27.8 Å². The van der Waals surface area contributed by atoms with E-state index >= 15 is 0 Å². The van der Waals surface area contributed by atoms with Gasteiger partial charge in [0, 0.05) is 0 Å². The molecule has 0 amide bonds. The summed E-state index contributed by atoms with van der Waals surface area (Å²) in [5.74, 6) is -3.73. The molecule has 1 aromatic heterocycles. The molecule has 12 heteroatoms. The summed E-state index contributed by atoms with van der Waals surface area (Å²) in [5, 5.41) is 7.25. The van der Waals surface area contributed by atoms with Crippen LogP contribution in [0.5, 0.6) is 0 Å². The third kappa shape index (κ3) is 3.62. The van der Waals surface area contributed by atoms with Gasteiger partial charge in [-0.1, -0.05) is 17.7 Å². The average molecular weight is 385 g/mol. The van der Waals surface area contributed by atoms with Crippen molar-refractivity contribution in [3.05, 3.63) is 40.2 Å². The summed E-state index contributed by atoms with van der Waals surface area (Å²) >= 11 is 5.83. The van der Waals surface area contributed by atoms with Crippen LogP contribution in [0.2, 0.25) is 5.02 Å². The number of benzene rings is 1. The Bertz CT molecular complexity index is 908. The highest BCUT2D eigenvalue weighted by atomic mass is 35.5. The topological polar surface area (TPSA) is 110 Å². The molecule has 1 heterocycles. The van der Waals surface area contributed by atoms with Gasteiger partial charge in [-0.15, -0.1) is 0 Å². The lowest BCUT2D eigenvalue weighted by molar-refractivity contribution is -0.141. The lowest BCUT2D eigenvalue weighted by atomic mass is 10.2. The highest BCUT2D eigenvalue weighted by Crippen LogP contribution is 2.33. The molecule has 0 aliphatic carbocycles. The van der Waals surface area contributed by atoms with Gasteiger partial charge in [-0.2, -0.15) is 26.6 Å². The quantitative estimate of drug-likeness (QED) is 0.838. The molecule has 0 aliphatic rings. The van der Waals surface area contributed by atoms with Crippen molar-refractivity contribution in [1.29, 1.82) is 0 Å². The number of aromatic nitrogens is 1. The number of alkyl halides is 3. The molecule has 130 valence electrons. The summed E-state index contributed by atoms with van der Waals surface area (Å²) in [6.07, 6.45) is -5.20. The van der Waals surface area contributed by atoms with Crippen molar-refractivity contribution in [1.82, 2.24) is 4.98 Å². The molecule has 2 rings (SSSR count). The van der Waals surface area contributed by atoms with Crippen LogP contribution in [0, 0.1) is 6.92 Å². The van der Waals surface area contributed by atoms with Crippen LogP contribution in [0.1, 0.15) is 21.8 Å². The normalized spacial score (nSPS) is 12.2. The van der Waals surface area contributed by atoms with E-state index in [-0.39, 0.29) is 10.7 Å². The van der Waals surface area contributed by atoms with Gasteiger partial charge in [-0.25, -0.2) is 4.79 Å². The predicted octanol–water partition coefficient (Wildman–Crippen LogP) is 3.15. The fraction of sp³-hybridized carbons (Fsp3) is 0.167. The molecular formula is C12H8ClF3N2O5S. The predicted molar refractivity (Wildman–Crippen MR) is 75.5 cm³/mol. The lowest BCUT2D eigenvalue weighted by Gasteiger charge is -2.07. The van der Waals surface area contributed by atoms with Gasteiger partial charge in [0.05, 0.1) is 10.7 Å². The van der Waals surface area contributed by atoms with Gasteiger partial charge < -0.3 is 9.52 Å². The number of aryl methyl sites for hydroxylation is 1. The first-order valence-corrected chi connectivity index (χ1v) is 7.88. The zero-order valence-electron chi connectivity index (χ0n) is 11.7. The van der Waals surface area contributed by atoms with Gasteiger partial charge in [-0.3, -0.25) is 4.72 Å². The number of carboxylic acids is 1. The van der Waals surface area contributed by atoms with E-state index in [4.69, 9.17) is 16.7 Å². The number of carboxylic acid groups (broad SMARTS) is 1. The third-order valence-electron chi connectivity index (χ3n) is 2.67. The number of anilines is 1. The van der Waals surface area contributed by atoms with E-state index in [0.717, 1.165) is 0 Å². The van der Waals surface area contributed by atoms with Gasteiger partial charge in [0.25, 0.3) is 0 Å². The van der Waals surface area contributed by atoms with E-state index in [0.29, 0.717) is 5.56 Å². The number of aromatic carboxylic acids is 1. The maximum Gasteiger partial charge on any atom is 0.437 e. The lowest BCUT2D eigenvalue weighted by Crippen LogP contribution is -2.15. The van der Waals surface area contributed by atoms with Crippen molar-refractivity contribution < 1.29 is 35.9 Å². The number of halogens is 4. The Kier molecular flexibility index (Phi) is 4.50. The molecule has 0 unspecified atom stereocenters. The van der Waals surface area contributed by atoms with E-state index in [2.05, 4.69) is 9.40 Å². The van der Waals surface area contributed by atoms with Crippen molar-refractivity contribution in [2.24, 2.45) is 0 Å². The zero-order valence-corrected chi connectivity index (χ0v) is 13.3. The Morgan fingerprint density at radius 3 is 2.46 bits per heavy atom. The minimum Gasteiger partial charge on any atom is -0.475 e. The largest absolute Gasteiger partial charge is 0.475 e. The minimum atomic E-state index is -5.20. The molecule has 0 saturated carbocycles. The molecular weight excluding hydrogens is 377 g/mol. The van der Waals surface area contributed by atoms with Crippen LogP contribution in [0.25, 0.3) is 0 Å². The first-order valence-electron chi connectivity index (χ1n) is 6.02. The molecule has 2 N–H and O–H groups in total. The van der Waals surface area contributed by atoms with Crippen molar-refractivity contribution in [3.8, 4) is 0 Å². The molecule has 2 aromatic rings. The van der Waals surface area contributed by atoms with Crippen molar-refractivity contribution in [2.75, 3.05) is 4.72 Å². The summed E-state index contributed by atoms with van der Waals surface area (Å²) in [5.41, 5.74) is -1.37. The Balaban J connectivity index is 2.48. The first kappa shape index (κ1) is 18.1. The van der Waals surface area contributed by atoms with E-state index in [9.17, 15) is 26.4 Å². The van der Waals surface area contributed by atoms with Crippen molar-refractivity contribution >= 4 is 33.3 Å². The minimum absolute atomic E-state index is 0.0142. The monoisotopic (exact) mass is 384 g/mol. The highest BCUT2D eigenvalue weighted by Gasteiger charge is 2.43.